The quantitative estimate of drug-likeness (QED) is 0.407. The number of methoxy groups -OCH3 is 3. The molecule has 0 radical (unpaired) electrons. The normalized spacial score (nSPS) is 10.3. The van der Waals surface area contributed by atoms with E-state index in [9.17, 15) is 10.1 Å². The third kappa shape index (κ3) is 4.08. The first-order valence-corrected chi connectivity index (χ1v) is 5.60. The average molecular weight is 271 g/mol. The van der Waals surface area contributed by atoms with Crippen LogP contribution in [-0.4, -0.2) is 39.5 Å². The monoisotopic (exact) mass is 271 g/mol. The third-order valence-electron chi connectivity index (χ3n) is 2.45. The molecule has 0 heterocycles. The number of benzene rings is 1. The molecule has 0 aromatic heterocycles. The van der Waals surface area contributed by atoms with E-state index in [2.05, 4.69) is 0 Å². The first-order valence-electron chi connectivity index (χ1n) is 5.60. The van der Waals surface area contributed by atoms with Gasteiger partial charge >= 0.3 is 5.69 Å². The number of nitro benzene ring substituents is 1. The highest BCUT2D eigenvalue weighted by Crippen LogP contribution is 2.35. The third-order valence-corrected chi connectivity index (χ3v) is 2.45. The van der Waals surface area contributed by atoms with Gasteiger partial charge in [0.25, 0.3) is 0 Å². The molecule has 0 N–H and O–H groups in total. The largest absolute Gasteiger partial charge is 0.496 e. The van der Waals surface area contributed by atoms with Gasteiger partial charge in [0, 0.05) is 12.7 Å². The predicted octanol–water partition coefficient (Wildman–Crippen LogP) is 1.77. The molecule has 1 aromatic carbocycles. The zero-order valence-electron chi connectivity index (χ0n) is 11.2. The zero-order valence-corrected chi connectivity index (χ0v) is 11.2. The zero-order chi connectivity index (χ0) is 14.3. The van der Waals surface area contributed by atoms with E-state index < -0.39 is 4.92 Å². The Kier molecular flexibility index (Phi) is 6.04. The summed E-state index contributed by atoms with van der Waals surface area (Å²) in [6.45, 7) is 1.03. The van der Waals surface area contributed by atoms with E-state index in [1.165, 1.54) is 20.3 Å². The molecule has 7 nitrogen and oxygen atoms in total. The van der Waals surface area contributed by atoms with Crippen molar-refractivity contribution in [2.24, 2.45) is 0 Å². The summed E-state index contributed by atoms with van der Waals surface area (Å²) in [6.07, 6.45) is 0. The van der Waals surface area contributed by atoms with Crippen LogP contribution in [0.15, 0.2) is 12.1 Å². The SMILES string of the molecule is COCCOCc1cc(OC)cc([N+](=O)[O-])c1OC. The number of nitro groups is 1. The summed E-state index contributed by atoms with van der Waals surface area (Å²) < 4.78 is 20.3. The maximum absolute atomic E-state index is 11.0. The molecule has 0 aliphatic carbocycles. The molecule has 0 spiro atoms. The minimum absolute atomic E-state index is 0.146. The molecular formula is C12H17NO6. The van der Waals surface area contributed by atoms with Crippen molar-refractivity contribution in [3.63, 3.8) is 0 Å². The van der Waals surface area contributed by atoms with E-state index in [1.807, 2.05) is 0 Å². The summed E-state index contributed by atoms with van der Waals surface area (Å²) in [4.78, 5) is 10.5. The molecule has 0 atom stereocenters. The van der Waals surface area contributed by atoms with Gasteiger partial charge in [-0.15, -0.1) is 0 Å². The van der Waals surface area contributed by atoms with Crippen LogP contribution in [0, 0.1) is 10.1 Å². The number of ether oxygens (including phenoxy) is 4. The standard InChI is InChI=1S/C12H17NO6/c1-16-4-5-19-8-9-6-10(17-2)7-11(13(14)15)12(9)18-3/h6-7H,4-5,8H2,1-3H3. The lowest BCUT2D eigenvalue weighted by atomic mass is 10.1. The molecule has 0 unspecified atom stereocenters. The minimum Gasteiger partial charge on any atom is -0.496 e. The maximum atomic E-state index is 11.0. The summed E-state index contributed by atoms with van der Waals surface area (Å²) in [5, 5.41) is 11.0. The van der Waals surface area contributed by atoms with Crippen molar-refractivity contribution >= 4 is 5.69 Å². The topological polar surface area (TPSA) is 80.1 Å². The van der Waals surface area contributed by atoms with Crippen molar-refractivity contribution in [1.82, 2.24) is 0 Å². The van der Waals surface area contributed by atoms with Crippen LogP contribution in [-0.2, 0) is 16.1 Å². The second kappa shape index (κ2) is 7.55. The lowest BCUT2D eigenvalue weighted by molar-refractivity contribution is -0.385. The van der Waals surface area contributed by atoms with Gasteiger partial charge in [0.15, 0.2) is 0 Å². The van der Waals surface area contributed by atoms with E-state index in [-0.39, 0.29) is 18.0 Å². The Bertz CT molecular complexity index is 434. The van der Waals surface area contributed by atoms with E-state index in [0.717, 1.165) is 0 Å². The smallest absolute Gasteiger partial charge is 0.314 e. The summed E-state index contributed by atoms with van der Waals surface area (Å²) in [5.74, 6) is 0.570. The number of nitrogens with zero attached hydrogens (tertiary/aromatic N) is 1. The lowest BCUT2D eigenvalue weighted by Gasteiger charge is -2.11. The van der Waals surface area contributed by atoms with Crippen molar-refractivity contribution in [1.29, 1.82) is 0 Å². The van der Waals surface area contributed by atoms with E-state index in [4.69, 9.17) is 18.9 Å². The van der Waals surface area contributed by atoms with Crippen LogP contribution in [0.3, 0.4) is 0 Å². The first kappa shape index (κ1) is 15.2. The van der Waals surface area contributed by atoms with Crippen LogP contribution in [0.1, 0.15) is 5.56 Å². The molecular weight excluding hydrogens is 254 g/mol. The van der Waals surface area contributed by atoms with Crippen molar-refractivity contribution in [2.45, 2.75) is 6.61 Å². The van der Waals surface area contributed by atoms with Crippen LogP contribution in [0.4, 0.5) is 5.69 Å². The molecule has 106 valence electrons. The predicted molar refractivity (Wildman–Crippen MR) is 67.7 cm³/mol. The van der Waals surface area contributed by atoms with Crippen LogP contribution >= 0.6 is 0 Å². The van der Waals surface area contributed by atoms with Gasteiger partial charge in [-0.25, -0.2) is 0 Å². The summed E-state index contributed by atoms with van der Waals surface area (Å²) in [6, 6.07) is 2.97. The molecule has 7 heteroatoms. The fourth-order valence-corrected chi connectivity index (χ4v) is 1.56. The fourth-order valence-electron chi connectivity index (χ4n) is 1.56. The van der Waals surface area contributed by atoms with Gasteiger partial charge < -0.3 is 18.9 Å². The highest BCUT2D eigenvalue weighted by molar-refractivity contribution is 5.56. The summed E-state index contributed by atoms with van der Waals surface area (Å²) in [5.41, 5.74) is 0.414. The fraction of sp³-hybridized carbons (Fsp3) is 0.500. The van der Waals surface area contributed by atoms with E-state index in [0.29, 0.717) is 24.5 Å². The molecule has 0 fully saturated rings. The Morgan fingerprint density at radius 3 is 2.42 bits per heavy atom. The first-order chi connectivity index (χ1) is 9.13. The average Bonchev–Trinajstić information content (AvgIpc) is 2.42. The Hall–Kier alpha value is -1.86. The Morgan fingerprint density at radius 1 is 1.16 bits per heavy atom. The van der Waals surface area contributed by atoms with Crippen LogP contribution in [0.25, 0.3) is 0 Å². The molecule has 0 saturated carbocycles. The molecule has 0 aliphatic rings. The van der Waals surface area contributed by atoms with Crippen molar-refractivity contribution in [2.75, 3.05) is 34.5 Å². The number of hydrogen-bond donors (Lipinski definition) is 0. The van der Waals surface area contributed by atoms with Gasteiger partial charge in [-0.3, -0.25) is 10.1 Å². The Labute approximate surface area is 111 Å². The molecule has 1 rings (SSSR count). The molecule has 0 bridgehead atoms. The molecule has 19 heavy (non-hydrogen) atoms. The van der Waals surface area contributed by atoms with Gasteiger partial charge in [0.2, 0.25) is 5.75 Å². The lowest BCUT2D eigenvalue weighted by Crippen LogP contribution is -2.05. The Morgan fingerprint density at radius 2 is 1.89 bits per heavy atom. The molecule has 1 aromatic rings. The van der Waals surface area contributed by atoms with Gasteiger partial charge in [0.05, 0.1) is 45.0 Å². The summed E-state index contributed by atoms with van der Waals surface area (Å²) in [7, 11) is 4.40. The minimum atomic E-state index is -0.514. The molecule has 0 aliphatic heterocycles. The Balaban J connectivity index is 2.99. The van der Waals surface area contributed by atoms with Crippen LogP contribution < -0.4 is 9.47 Å². The molecule has 0 saturated heterocycles. The van der Waals surface area contributed by atoms with Crippen molar-refractivity contribution < 1.29 is 23.9 Å². The second-order valence-electron chi connectivity index (χ2n) is 3.64. The van der Waals surface area contributed by atoms with Crippen molar-refractivity contribution in [3.05, 3.63) is 27.8 Å². The van der Waals surface area contributed by atoms with Gasteiger partial charge in [-0.1, -0.05) is 0 Å². The highest BCUT2D eigenvalue weighted by Gasteiger charge is 2.21. The van der Waals surface area contributed by atoms with Gasteiger partial charge in [-0.05, 0) is 6.07 Å². The van der Waals surface area contributed by atoms with Crippen LogP contribution in [0.5, 0.6) is 11.5 Å². The van der Waals surface area contributed by atoms with Gasteiger partial charge in [0.1, 0.15) is 5.75 Å². The van der Waals surface area contributed by atoms with E-state index in [1.54, 1.807) is 13.2 Å². The number of hydrogen-bond acceptors (Lipinski definition) is 6. The maximum Gasteiger partial charge on any atom is 0.314 e. The van der Waals surface area contributed by atoms with Crippen molar-refractivity contribution in [3.8, 4) is 11.5 Å². The summed E-state index contributed by atoms with van der Waals surface area (Å²) >= 11 is 0. The second-order valence-corrected chi connectivity index (χ2v) is 3.64. The number of rotatable bonds is 8. The van der Waals surface area contributed by atoms with E-state index >= 15 is 0 Å². The van der Waals surface area contributed by atoms with Gasteiger partial charge in [-0.2, -0.15) is 0 Å². The van der Waals surface area contributed by atoms with Crippen LogP contribution in [0.2, 0.25) is 0 Å². The molecule has 0 amide bonds. The highest BCUT2D eigenvalue weighted by atomic mass is 16.6.